The largest absolute Gasteiger partial charge is 0.481 e. The van der Waals surface area contributed by atoms with Crippen LogP contribution in [0.15, 0.2) is 0 Å². The Morgan fingerprint density at radius 1 is 1.39 bits per heavy atom. The summed E-state index contributed by atoms with van der Waals surface area (Å²) in [6, 6.07) is 0. The number of nitrogens with one attached hydrogen (secondary N) is 1. The van der Waals surface area contributed by atoms with Crippen LogP contribution >= 0.6 is 11.8 Å². The molecule has 0 saturated heterocycles. The molecular weight excluding hydrogens is 254 g/mol. The molecule has 0 fully saturated rings. The zero-order valence-electron chi connectivity index (χ0n) is 11.1. The second-order valence-corrected chi connectivity index (χ2v) is 4.99. The van der Waals surface area contributed by atoms with Gasteiger partial charge in [-0.25, -0.2) is 0 Å². The molecule has 1 unspecified atom stereocenters. The molecule has 2 N–H and O–H groups in total. The number of carbonyl (C=O) groups excluding carboxylic acids is 1. The van der Waals surface area contributed by atoms with E-state index in [2.05, 4.69) is 12.2 Å². The molecule has 1 amide bonds. The number of aliphatic carboxylic acids is 1. The van der Waals surface area contributed by atoms with Crippen molar-refractivity contribution in [2.75, 3.05) is 24.7 Å². The minimum Gasteiger partial charge on any atom is -0.481 e. The van der Waals surface area contributed by atoms with Crippen molar-refractivity contribution in [2.24, 2.45) is 0 Å². The molecule has 0 spiro atoms. The van der Waals surface area contributed by atoms with Gasteiger partial charge in [0, 0.05) is 13.2 Å². The fraction of sp³-hybridized carbons (Fsp3) is 0.833. The SMILES string of the molecule is CCCCSCC(=O)NCC(CC(=O)O)OCC. The number of hydrogen-bond acceptors (Lipinski definition) is 4. The van der Waals surface area contributed by atoms with Gasteiger partial charge in [0.15, 0.2) is 0 Å². The number of rotatable bonds is 11. The number of hydrogen-bond donors (Lipinski definition) is 2. The zero-order chi connectivity index (χ0) is 13.8. The second kappa shape index (κ2) is 11.3. The molecule has 6 heteroatoms. The van der Waals surface area contributed by atoms with Crippen molar-refractivity contribution in [3.8, 4) is 0 Å². The number of amides is 1. The maximum Gasteiger partial charge on any atom is 0.306 e. The molecule has 1 atom stereocenters. The molecule has 0 bridgehead atoms. The van der Waals surface area contributed by atoms with Crippen LogP contribution in [0.5, 0.6) is 0 Å². The Balaban J connectivity index is 3.74. The summed E-state index contributed by atoms with van der Waals surface area (Å²) in [7, 11) is 0. The Bertz CT molecular complexity index is 248. The van der Waals surface area contributed by atoms with Gasteiger partial charge in [0.25, 0.3) is 0 Å². The van der Waals surface area contributed by atoms with Gasteiger partial charge in [-0.1, -0.05) is 13.3 Å². The van der Waals surface area contributed by atoms with Gasteiger partial charge in [-0.3, -0.25) is 9.59 Å². The Morgan fingerprint density at radius 2 is 2.11 bits per heavy atom. The van der Waals surface area contributed by atoms with E-state index in [4.69, 9.17) is 9.84 Å². The van der Waals surface area contributed by atoms with E-state index in [1.54, 1.807) is 18.7 Å². The van der Waals surface area contributed by atoms with Crippen LogP contribution in [0.1, 0.15) is 33.1 Å². The minimum absolute atomic E-state index is 0.0637. The summed E-state index contributed by atoms with van der Waals surface area (Å²) in [5.74, 6) is 0.422. The van der Waals surface area contributed by atoms with E-state index < -0.39 is 12.1 Å². The molecule has 0 aromatic rings. The first-order chi connectivity index (χ1) is 8.60. The van der Waals surface area contributed by atoms with Gasteiger partial charge < -0.3 is 15.2 Å². The van der Waals surface area contributed by atoms with Crippen LogP contribution in [-0.4, -0.2) is 47.7 Å². The highest BCUT2D eigenvalue weighted by molar-refractivity contribution is 7.99. The first kappa shape index (κ1) is 17.2. The summed E-state index contributed by atoms with van der Waals surface area (Å²) in [4.78, 5) is 22.0. The van der Waals surface area contributed by atoms with Gasteiger partial charge in [-0.2, -0.15) is 11.8 Å². The van der Waals surface area contributed by atoms with E-state index >= 15 is 0 Å². The number of unbranched alkanes of at least 4 members (excludes halogenated alkanes) is 1. The lowest BCUT2D eigenvalue weighted by molar-refractivity contribution is -0.140. The standard InChI is InChI=1S/C12H23NO4S/c1-3-5-6-18-9-11(14)13-8-10(17-4-2)7-12(15)16/h10H,3-9H2,1-2H3,(H,13,14)(H,15,16). The highest BCUT2D eigenvalue weighted by atomic mass is 32.2. The molecular formula is C12H23NO4S. The Morgan fingerprint density at radius 3 is 2.67 bits per heavy atom. The molecule has 18 heavy (non-hydrogen) atoms. The summed E-state index contributed by atoms with van der Waals surface area (Å²) in [5, 5.41) is 11.4. The summed E-state index contributed by atoms with van der Waals surface area (Å²) in [5.41, 5.74) is 0. The lowest BCUT2D eigenvalue weighted by Gasteiger charge is -2.15. The fourth-order valence-corrected chi connectivity index (χ4v) is 2.24. The van der Waals surface area contributed by atoms with Crippen LogP contribution in [0.3, 0.4) is 0 Å². The van der Waals surface area contributed by atoms with Gasteiger partial charge in [0.05, 0.1) is 18.3 Å². The number of carbonyl (C=O) groups is 2. The average Bonchev–Trinajstić information content (AvgIpc) is 2.31. The normalized spacial score (nSPS) is 12.1. The zero-order valence-corrected chi connectivity index (χ0v) is 11.9. The summed E-state index contributed by atoms with van der Waals surface area (Å²) in [6.45, 7) is 4.61. The maximum atomic E-state index is 11.5. The topological polar surface area (TPSA) is 75.6 Å². The van der Waals surface area contributed by atoms with Crippen molar-refractivity contribution in [1.29, 1.82) is 0 Å². The first-order valence-corrected chi connectivity index (χ1v) is 7.43. The van der Waals surface area contributed by atoms with Gasteiger partial charge in [0.2, 0.25) is 5.91 Å². The molecule has 0 aromatic heterocycles. The molecule has 0 aromatic carbocycles. The smallest absolute Gasteiger partial charge is 0.306 e. The predicted molar refractivity (Wildman–Crippen MR) is 72.9 cm³/mol. The van der Waals surface area contributed by atoms with Gasteiger partial charge in [0.1, 0.15) is 0 Å². The first-order valence-electron chi connectivity index (χ1n) is 6.27. The molecule has 5 nitrogen and oxygen atoms in total. The van der Waals surface area contributed by atoms with Crippen LogP contribution in [0, 0.1) is 0 Å². The highest BCUT2D eigenvalue weighted by Crippen LogP contribution is 2.04. The quantitative estimate of drug-likeness (QED) is 0.560. The van der Waals surface area contributed by atoms with Gasteiger partial charge >= 0.3 is 5.97 Å². The van der Waals surface area contributed by atoms with E-state index in [9.17, 15) is 9.59 Å². The third kappa shape index (κ3) is 10.4. The lowest BCUT2D eigenvalue weighted by Crippen LogP contribution is -2.36. The number of carboxylic acids is 1. The van der Waals surface area contributed by atoms with Gasteiger partial charge in [-0.15, -0.1) is 0 Å². The lowest BCUT2D eigenvalue weighted by atomic mass is 10.2. The number of ether oxygens (including phenoxy) is 1. The van der Waals surface area contributed by atoms with Crippen molar-refractivity contribution in [2.45, 2.75) is 39.2 Å². The third-order valence-corrected chi connectivity index (χ3v) is 3.25. The molecule has 0 saturated carbocycles. The van der Waals surface area contributed by atoms with Crippen molar-refractivity contribution in [3.05, 3.63) is 0 Å². The molecule has 106 valence electrons. The van der Waals surface area contributed by atoms with Crippen LogP contribution in [0.25, 0.3) is 0 Å². The molecule has 0 aliphatic heterocycles. The summed E-state index contributed by atoms with van der Waals surface area (Å²) < 4.78 is 5.24. The predicted octanol–water partition coefficient (Wildman–Crippen LogP) is 1.52. The van der Waals surface area contributed by atoms with Crippen LogP contribution in [0.2, 0.25) is 0 Å². The van der Waals surface area contributed by atoms with Crippen molar-refractivity contribution >= 4 is 23.6 Å². The summed E-state index contributed by atoms with van der Waals surface area (Å²) in [6.07, 6.45) is 1.70. The minimum atomic E-state index is -0.917. The van der Waals surface area contributed by atoms with Crippen molar-refractivity contribution < 1.29 is 19.4 Å². The Hall–Kier alpha value is -0.750. The van der Waals surface area contributed by atoms with Crippen molar-refractivity contribution in [3.63, 3.8) is 0 Å². The third-order valence-electron chi connectivity index (χ3n) is 2.21. The van der Waals surface area contributed by atoms with E-state index in [-0.39, 0.29) is 18.9 Å². The van der Waals surface area contributed by atoms with E-state index in [0.29, 0.717) is 12.4 Å². The molecule has 0 aliphatic rings. The van der Waals surface area contributed by atoms with Crippen LogP contribution < -0.4 is 5.32 Å². The number of thioether (sulfide) groups is 1. The Kier molecular flexibility index (Phi) is 10.9. The van der Waals surface area contributed by atoms with Gasteiger partial charge in [-0.05, 0) is 19.1 Å². The maximum absolute atomic E-state index is 11.5. The van der Waals surface area contributed by atoms with E-state index in [0.717, 1.165) is 18.6 Å². The van der Waals surface area contributed by atoms with E-state index in [1.165, 1.54) is 0 Å². The van der Waals surface area contributed by atoms with Crippen LogP contribution in [-0.2, 0) is 14.3 Å². The molecule has 0 heterocycles. The molecule has 0 rings (SSSR count). The summed E-state index contributed by atoms with van der Waals surface area (Å²) >= 11 is 1.60. The number of carboxylic acid groups (broad SMARTS) is 1. The van der Waals surface area contributed by atoms with Crippen LogP contribution in [0.4, 0.5) is 0 Å². The van der Waals surface area contributed by atoms with Crippen molar-refractivity contribution in [1.82, 2.24) is 5.32 Å². The Labute approximate surface area is 113 Å². The van der Waals surface area contributed by atoms with E-state index in [1.807, 2.05) is 0 Å². The average molecular weight is 277 g/mol. The second-order valence-electron chi connectivity index (χ2n) is 3.89. The molecule has 0 aliphatic carbocycles. The highest BCUT2D eigenvalue weighted by Gasteiger charge is 2.14. The fourth-order valence-electron chi connectivity index (χ4n) is 1.31. The molecule has 0 radical (unpaired) electrons. The monoisotopic (exact) mass is 277 g/mol.